The Morgan fingerprint density at radius 2 is 1.73 bits per heavy atom. The molecule has 3 unspecified atom stereocenters. The smallest absolute Gasteiger partial charge is 0.0809 e. The minimum absolute atomic E-state index is 0.0312. The lowest BCUT2D eigenvalue weighted by molar-refractivity contribution is -0.00522. The normalized spacial score (nSPS) is 22.9. The zero-order valence-corrected chi connectivity index (χ0v) is 21.8. The van der Waals surface area contributed by atoms with Gasteiger partial charge in [-0.1, -0.05) is 21.5 Å². The van der Waals surface area contributed by atoms with Crippen LogP contribution in [-0.4, -0.2) is 39.4 Å². The SMILES string of the molecule is CCc1cc(N(C)C)cc2c1N=c1c(CC)cc(N3CC(C)OC(C)C3)cc1=S2I. The molecule has 4 rings (SSSR count). The molecule has 1 fully saturated rings. The third-order valence-electron chi connectivity index (χ3n) is 5.95. The van der Waals surface area contributed by atoms with Crippen molar-refractivity contribution < 1.29 is 4.74 Å². The highest BCUT2D eigenvalue weighted by Gasteiger charge is 2.24. The predicted octanol–water partition coefficient (Wildman–Crippen LogP) is 5.68. The summed E-state index contributed by atoms with van der Waals surface area (Å²) in [5.41, 5.74) is 6.48. The van der Waals surface area contributed by atoms with Gasteiger partial charge in [0.2, 0.25) is 0 Å². The lowest BCUT2D eigenvalue weighted by Gasteiger charge is -2.37. The summed E-state index contributed by atoms with van der Waals surface area (Å²) in [4.78, 5) is 11.3. The molecule has 1 saturated heterocycles. The first-order valence-electron chi connectivity index (χ1n) is 10.9. The van der Waals surface area contributed by atoms with E-state index in [0.717, 1.165) is 25.9 Å². The average molecular weight is 538 g/mol. The first kappa shape index (κ1) is 22.1. The van der Waals surface area contributed by atoms with Gasteiger partial charge in [0.1, 0.15) is 0 Å². The van der Waals surface area contributed by atoms with E-state index in [2.05, 4.69) is 97.1 Å². The summed E-state index contributed by atoms with van der Waals surface area (Å²) in [5.74, 6) is 0. The van der Waals surface area contributed by atoms with E-state index in [4.69, 9.17) is 9.73 Å². The fourth-order valence-corrected chi connectivity index (χ4v) is 7.82. The lowest BCUT2D eigenvalue weighted by Crippen LogP contribution is -2.45. The number of rotatable bonds is 4. The van der Waals surface area contributed by atoms with Crippen LogP contribution < -0.4 is 15.2 Å². The summed E-state index contributed by atoms with van der Waals surface area (Å²) in [6.45, 7) is 10.7. The lowest BCUT2D eigenvalue weighted by atomic mass is 10.1. The van der Waals surface area contributed by atoms with Crippen molar-refractivity contribution in [2.75, 3.05) is 37.0 Å². The molecule has 0 amide bonds. The van der Waals surface area contributed by atoms with Crippen molar-refractivity contribution in [3.8, 4) is 0 Å². The van der Waals surface area contributed by atoms with E-state index < -0.39 is 0 Å². The largest absolute Gasteiger partial charge is 0.378 e. The van der Waals surface area contributed by atoms with Crippen LogP contribution in [0.3, 0.4) is 0 Å². The minimum Gasteiger partial charge on any atom is -0.378 e. The second kappa shape index (κ2) is 8.79. The molecule has 162 valence electrons. The van der Waals surface area contributed by atoms with E-state index in [1.807, 2.05) is 0 Å². The highest BCUT2D eigenvalue weighted by Crippen LogP contribution is 2.48. The fraction of sp³-hybridized carbons (Fsp3) is 0.500. The zero-order valence-electron chi connectivity index (χ0n) is 18.8. The molecule has 2 heterocycles. The summed E-state index contributed by atoms with van der Waals surface area (Å²) in [7, 11) is 4.21. The third-order valence-corrected chi connectivity index (χ3v) is 10.2. The maximum atomic E-state index is 5.97. The number of morpholine rings is 1. The number of aryl methyl sites for hydroxylation is 2. The topological polar surface area (TPSA) is 28.1 Å². The van der Waals surface area contributed by atoms with Gasteiger partial charge < -0.3 is 14.5 Å². The van der Waals surface area contributed by atoms with E-state index in [1.54, 1.807) is 0 Å². The van der Waals surface area contributed by atoms with Crippen LogP contribution in [0.5, 0.6) is 0 Å². The molecule has 0 saturated carbocycles. The first-order valence-corrected chi connectivity index (χ1v) is 14.6. The van der Waals surface area contributed by atoms with Gasteiger partial charge in [0.15, 0.2) is 0 Å². The van der Waals surface area contributed by atoms with Gasteiger partial charge in [-0.2, -0.15) is 0 Å². The molecule has 4 nitrogen and oxygen atoms in total. The number of hydrogen-bond donors (Lipinski definition) is 0. The molecule has 0 aromatic heterocycles. The molecule has 30 heavy (non-hydrogen) atoms. The Hall–Kier alpha value is -1.12. The molecule has 2 aliphatic heterocycles. The molecule has 0 aliphatic carbocycles. The second-order valence-corrected chi connectivity index (χ2v) is 12.6. The standard InChI is InChI=1S/C24H32IN3OS/c1-7-17-9-19(27(5)6)11-21-23(17)26-24-18(8-2)10-20(12-22(24)30(21)25)28-13-15(3)29-16(4)14-28/h9-12,15-16H,7-8,13-14H2,1-6H3. The highest BCUT2D eigenvalue weighted by atomic mass is 127. The van der Waals surface area contributed by atoms with Crippen LogP contribution in [-0.2, 0) is 17.6 Å². The number of halogens is 1. The van der Waals surface area contributed by atoms with Crippen molar-refractivity contribution in [3.05, 3.63) is 45.3 Å². The van der Waals surface area contributed by atoms with Gasteiger partial charge in [-0.15, -0.1) is 0 Å². The van der Waals surface area contributed by atoms with Gasteiger partial charge in [0, 0.05) is 48.0 Å². The van der Waals surface area contributed by atoms with Crippen LogP contribution in [0.15, 0.2) is 34.2 Å². The summed E-state index contributed by atoms with van der Waals surface area (Å²) in [6.07, 6.45) is 2.51. The molecule has 0 bridgehead atoms. The van der Waals surface area contributed by atoms with Crippen molar-refractivity contribution in [1.82, 2.24) is 0 Å². The second-order valence-electron chi connectivity index (χ2n) is 8.54. The Morgan fingerprint density at radius 3 is 2.33 bits per heavy atom. The molecule has 0 N–H and O–H groups in total. The number of nitrogens with zero attached hydrogens (tertiary/aromatic N) is 3. The first-order chi connectivity index (χ1) is 14.3. The van der Waals surface area contributed by atoms with Crippen molar-refractivity contribution >= 4 is 45.9 Å². The van der Waals surface area contributed by atoms with Gasteiger partial charge in [-0.3, -0.25) is 0 Å². The number of hydrogen-bond acceptors (Lipinski definition) is 4. The molecule has 0 spiro atoms. The van der Waals surface area contributed by atoms with Crippen molar-refractivity contribution in [2.45, 2.75) is 57.6 Å². The molecular weight excluding hydrogens is 505 g/mol. The van der Waals surface area contributed by atoms with E-state index in [9.17, 15) is 0 Å². The molecule has 2 aliphatic rings. The number of ether oxygens (including phenoxy) is 1. The van der Waals surface area contributed by atoms with E-state index >= 15 is 0 Å². The molecule has 2 aromatic carbocycles. The van der Waals surface area contributed by atoms with Crippen LogP contribution in [0.25, 0.3) is 0 Å². The van der Waals surface area contributed by atoms with Crippen molar-refractivity contribution in [2.24, 2.45) is 4.99 Å². The number of anilines is 2. The Bertz CT molecular complexity index is 1090. The summed E-state index contributed by atoms with van der Waals surface area (Å²) >= 11 is 2.65. The monoisotopic (exact) mass is 537 g/mol. The van der Waals surface area contributed by atoms with Gasteiger partial charge in [-0.25, -0.2) is 4.99 Å². The minimum atomic E-state index is -0.0312. The molecule has 0 radical (unpaired) electrons. The quantitative estimate of drug-likeness (QED) is 0.371. The van der Waals surface area contributed by atoms with Crippen molar-refractivity contribution in [1.29, 1.82) is 0 Å². The summed E-state index contributed by atoms with van der Waals surface area (Å²) < 4.78 is 7.35. The number of fused-ring (bicyclic) bond motifs is 2. The maximum Gasteiger partial charge on any atom is 0.0809 e. The van der Waals surface area contributed by atoms with E-state index in [1.165, 1.54) is 43.0 Å². The van der Waals surface area contributed by atoms with Crippen molar-refractivity contribution in [3.63, 3.8) is 0 Å². The van der Waals surface area contributed by atoms with Crippen LogP contribution in [0, 0.1) is 4.51 Å². The Kier molecular flexibility index (Phi) is 6.47. The Balaban J connectivity index is 1.94. The van der Waals surface area contributed by atoms with Gasteiger partial charge >= 0.3 is 0 Å². The van der Waals surface area contributed by atoms with Crippen LogP contribution in [0.4, 0.5) is 17.1 Å². The van der Waals surface area contributed by atoms with Crippen LogP contribution >= 0.6 is 28.9 Å². The van der Waals surface area contributed by atoms with Gasteiger partial charge in [-0.05, 0) is 83.3 Å². The Labute approximate surface area is 194 Å². The third kappa shape index (κ3) is 4.02. The average Bonchev–Trinajstić information content (AvgIpc) is 2.72. The van der Waals surface area contributed by atoms with E-state index in [0.29, 0.717) is 0 Å². The fourth-order valence-electron chi connectivity index (χ4n) is 4.42. The molecule has 2 aromatic rings. The van der Waals surface area contributed by atoms with Gasteiger partial charge in [0.25, 0.3) is 0 Å². The molecular formula is C24H32IN3OS. The Morgan fingerprint density at radius 1 is 1.07 bits per heavy atom. The summed E-state index contributed by atoms with van der Waals surface area (Å²) in [5, 5.41) is 1.20. The van der Waals surface area contributed by atoms with Gasteiger partial charge in [0.05, 0.1) is 23.3 Å². The highest BCUT2D eigenvalue weighted by molar-refractivity contribution is 14.2. The maximum absolute atomic E-state index is 5.97. The zero-order chi connectivity index (χ0) is 21.6. The number of benzene rings is 2. The molecule has 6 heteroatoms. The predicted molar refractivity (Wildman–Crippen MR) is 138 cm³/mol. The van der Waals surface area contributed by atoms with Crippen LogP contribution in [0.1, 0.15) is 38.8 Å². The van der Waals surface area contributed by atoms with E-state index in [-0.39, 0.29) is 19.9 Å². The van der Waals surface area contributed by atoms with Crippen LogP contribution in [0.2, 0.25) is 0 Å². The molecule has 3 atom stereocenters. The summed E-state index contributed by atoms with van der Waals surface area (Å²) in [6, 6.07) is 9.41.